The highest BCUT2D eigenvalue weighted by Gasteiger charge is 2.30. The highest BCUT2D eigenvalue weighted by Crippen LogP contribution is 2.19. The monoisotopic (exact) mass is 358 g/mol. The summed E-state index contributed by atoms with van der Waals surface area (Å²) in [6.07, 6.45) is 3.51. The summed E-state index contributed by atoms with van der Waals surface area (Å²) >= 11 is 0. The van der Waals surface area contributed by atoms with Crippen molar-refractivity contribution in [2.75, 3.05) is 27.2 Å². The van der Waals surface area contributed by atoms with E-state index >= 15 is 0 Å². The molecule has 0 aliphatic carbocycles. The number of amides is 2. The normalized spacial score (nSPS) is 19.2. The molecule has 0 aromatic carbocycles. The molecule has 2 heterocycles. The van der Waals surface area contributed by atoms with E-state index in [4.69, 9.17) is 4.74 Å². The molecular weight excluding hydrogens is 336 g/mol. The van der Waals surface area contributed by atoms with E-state index < -0.39 is 6.09 Å². The number of hydrogen-bond donors (Lipinski definition) is 2. The molecule has 1 fully saturated rings. The molecule has 2 rings (SSSR count). The molecule has 10 heteroatoms. The number of carbonyl (C=O) groups excluding carboxylic acids is 2. The number of rotatable bonds is 6. The number of hydrogen-bond acceptors (Lipinski definition) is 6. The van der Waals surface area contributed by atoms with E-state index in [1.54, 1.807) is 25.0 Å². The third-order valence-electron chi connectivity index (χ3n) is 3.64. The van der Waals surface area contributed by atoms with Crippen LogP contribution in [0.25, 0.3) is 0 Å². The first-order valence-corrected chi connectivity index (χ1v) is 7.39. The third-order valence-corrected chi connectivity index (χ3v) is 3.64. The first-order valence-electron chi connectivity index (χ1n) is 7.39. The predicted molar refractivity (Wildman–Crippen MR) is 89.8 cm³/mol. The van der Waals surface area contributed by atoms with Crippen LogP contribution < -0.4 is 10.6 Å². The summed E-state index contributed by atoms with van der Waals surface area (Å²) in [6, 6.07) is -0.147. The Kier molecular flexibility index (Phi) is 7.66. The number of halogens is 1. The van der Waals surface area contributed by atoms with Crippen LogP contribution >= 0.6 is 12.4 Å². The molecule has 0 saturated carbocycles. The standard InChI is InChI=1S/C14H22N6O3.ClH/c1-4-5-23-14(22)19(3)8-10-9-20(18-17-10)11-6-12(16-7-11)13(21)15-2;/h4,9,11-12,16H,1,5-8H2,2-3H3,(H,15,21);1H/t11-,12-;/m0./s1. The summed E-state index contributed by atoms with van der Waals surface area (Å²) in [5, 5.41) is 13.9. The smallest absolute Gasteiger partial charge is 0.410 e. The molecular formula is C14H23ClN6O3. The van der Waals surface area contributed by atoms with Gasteiger partial charge in [0.25, 0.3) is 0 Å². The van der Waals surface area contributed by atoms with Crippen LogP contribution in [0.3, 0.4) is 0 Å². The van der Waals surface area contributed by atoms with Gasteiger partial charge in [-0.1, -0.05) is 17.9 Å². The molecule has 2 N–H and O–H groups in total. The van der Waals surface area contributed by atoms with Crippen LogP contribution in [0.4, 0.5) is 4.79 Å². The summed E-state index contributed by atoms with van der Waals surface area (Å²) in [6.45, 7) is 4.61. The third kappa shape index (κ3) is 4.93. The van der Waals surface area contributed by atoms with Crippen molar-refractivity contribution in [1.29, 1.82) is 0 Å². The maximum atomic E-state index is 11.7. The van der Waals surface area contributed by atoms with Gasteiger partial charge in [-0.15, -0.1) is 17.5 Å². The molecule has 9 nitrogen and oxygen atoms in total. The number of ether oxygens (including phenoxy) is 1. The molecule has 1 aromatic heterocycles. The quantitative estimate of drug-likeness (QED) is 0.699. The van der Waals surface area contributed by atoms with Crippen LogP contribution in [0, 0.1) is 0 Å². The van der Waals surface area contributed by atoms with Gasteiger partial charge in [-0.05, 0) is 6.42 Å². The number of aromatic nitrogens is 3. The zero-order valence-corrected chi connectivity index (χ0v) is 14.6. The second kappa shape index (κ2) is 9.24. The second-order valence-electron chi connectivity index (χ2n) is 5.38. The van der Waals surface area contributed by atoms with E-state index in [1.165, 1.54) is 11.0 Å². The lowest BCUT2D eigenvalue weighted by Gasteiger charge is -2.14. The zero-order valence-electron chi connectivity index (χ0n) is 13.8. The Balaban J connectivity index is 0.00000288. The number of likely N-dealkylation sites (N-methyl/N-ethyl adjacent to an activating group) is 1. The van der Waals surface area contributed by atoms with Crippen molar-refractivity contribution in [2.45, 2.75) is 25.0 Å². The van der Waals surface area contributed by atoms with Crippen LogP contribution in [0.15, 0.2) is 18.9 Å². The van der Waals surface area contributed by atoms with Crippen molar-refractivity contribution in [1.82, 2.24) is 30.5 Å². The van der Waals surface area contributed by atoms with E-state index in [1.807, 2.05) is 0 Å². The summed E-state index contributed by atoms with van der Waals surface area (Å²) in [4.78, 5) is 24.7. The minimum atomic E-state index is -0.443. The van der Waals surface area contributed by atoms with Gasteiger partial charge in [0.2, 0.25) is 5.91 Å². The van der Waals surface area contributed by atoms with E-state index in [9.17, 15) is 9.59 Å². The summed E-state index contributed by atoms with van der Waals surface area (Å²) < 4.78 is 6.67. The van der Waals surface area contributed by atoms with Gasteiger partial charge in [0, 0.05) is 20.6 Å². The SMILES string of the molecule is C=CCOC(=O)N(C)Cc1cn([C@@H]2CN[C@H](C(=O)NC)C2)nn1.Cl. The minimum absolute atomic E-state index is 0. The molecule has 1 aliphatic rings. The van der Waals surface area contributed by atoms with Crippen molar-refractivity contribution < 1.29 is 14.3 Å². The molecule has 134 valence electrons. The summed E-state index contributed by atoms with van der Waals surface area (Å²) in [5.74, 6) is -0.0301. The molecule has 1 aromatic rings. The van der Waals surface area contributed by atoms with Crippen molar-refractivity contribution in [3.8, 4) is 0 Å². The van der Waals surface area contributed by atoms with Crippen molar-refractivity contribution in [3.63, 3.8) is 0 Å². The maximum absolute atomic E-state index is 11.7. The molecule has 1 aliphatic heterocycles. The van der Waals surface area contributed by atoms with Gasteiger partial charge in [0.15, 0.2) is 0 Å². The van der Waals surface area contributed by atoms with Gasteiger partial charge in [-0.3, -0.25) is 4.79 Å². The highest BCUT2D eigenvalue weighted by molar-refractivity contribution is 5.85. The van der Waals surface area contributed by atoms with Crippen LogP contribution in [0.1, 0.15) is 18.2 Å². The van der Waals surface area contributed by atoms with Gasteiger partial charge < -0.3 is 20.3 Å². The summed E-state index contributed by atoms with van der Waals surface area (Å²) in [7, 11) is 3.25. The first-order chi connectivity index (χ1) is 11.0. The Morgan fingerprint density at radius 1 is 1.62 bits per heavy atom. The molecule has 2 amide bonds. The van der Waals surface area contributed by atoms with Crippen molar-refractivity contribution in [2.24, 2.45) is 0 Å². The Hall–Kier alpha value is -2.13. The van der Waals surface area contributed by atoms with Gasteiger partial charge >= 0.3 is 6.09 Å². The average molecular weight is 359 g/mol. The number of nitrogens with zero attached hydrogens (tertiary/aromatic N) is 4. The van der Waals surface area contributed by atoms with E-state index in [-0.39, 0.29) is 37.0 Å². The van der Waals surface area contributed by atoms with Crippen LogP contribution in [-0.4, -0.2) is 65.2 Å². The Morgan fingerprint density at radius 3 is 3.04 bits per heavy atom. The maximum Gasteiger partial charge on any atom is 0.410 e. The van der Waals surface area contributed by atoms with Crippen molar-refractivity contribution in [3.05, 3.63) is 24.5 Å². The highest BCUT2D eigenvalue weighted by atomic mass is 35.5. The lowest BCUT2D eigenvalue weighted by atomic mass is 10.1. The van der Waals surface area contributed by atoms with Crippen LogP contribution in [0.2, 0.25) is 0 Å². The van der Waals surface area contributed by atoms with E-state index in [0.29, 0.717) is 25.2 Å². The molecule has 1 saturated heterocycles. The van der Waals surface area contributed by atoms with Crippen molar-refractivity contribution >= 4 is 24.4 Å². The van der Waals surface area contributed by atoms with Crippen LogP contribution in [0.5, 0.6) is 0 Å². The predicted octanol–water partition coefficient (Wildman–Crippen LogP) is 0.103. The van der Waals surface area contributed by atoms with Gasteiger partial charge in [-0.25, -0.2) is 9.48 Å². The van der Waals surface area contributed by atoms with E-state index in [2.05, 4.69) is 27.5 Å². The fourth-order valence-corrected chi connectivity index (χ4v) is 2.40. The minimum Gasteiger partial charge on any atom is -0.445 e. The molecule has 0 bridgehead atoms. The first kappa shape index (κ1) is 19.9. The lowest BCUT2D eigenvalue weighted by molar-refractivity contribution is -0.122. The van der Waals surface area contributed by atoms with Gasteiger partial charge in [0.05, 0.1) is 24.8 Å². The lowest BCUT2D eigenvalue weighted by Crippen LogP contribution is -2.38. The summed E-state index contributed by atoms with van der Waals surface area (Å²) in [5.41, 5.74) is 0.659. The molecule has 0 radical (unpaired) electrons. The zero-order chi connectivity index (χ0) is 16.8. The fourth-order valence-electron chi connectivity index (χ4n) is 2.40. The molecule has 24 heavy (non-hydrogen) atoms. The average Bonchev–Trinajstić information content (AvgIpc) is 3.20. The molecule has 0 spiro atoms. The van der Waals surface area contributed by atoms with E-state index in [0.717, 1.165) is 0 Å². The fraction of sp³-hybridized carbons (Fsp3) is 0.571. The second-order valence-corrected chi connectivity index (χ2v) is 5.38. The largest absolute Gasteiger partial charge is 0.445 e. The number of carbonyl (C=O) groups is 2. The number of nitrogens with one attached hydrogen (secondary N) is 2. The topological polar surface area (TPSA) is 101 Å². The Morgan fingerprint density at radius 2 is 2.38 bits per heavy atom. The Labute approximate surface area is 146 Å². The van der Waals surface area contributed by atoms with Gasteiger partial charge in [-0.2, -0.15) is 0 Å². The van der Waals surface area contributed by atoms with Crippen LogP contribution in [-0.2, 0) is 16.1 Å². The molecule has 2 atom stereocenters. The Bertz CT molecular complexity index is 579. The van der Waals surface area contributed by atoms with Gasteiger partial charge in [0.1, 0.15) is 12.3 Å². The molecule has 0 unspecified atom stereocenters.